The minimum atomic E-state index is 0.594. The molecular weight excluding hydrogens is 258 g/mol. The lowest BCUT2D eigenvalue weighted by Crippen LogP contribution is -2.19. The Morgan fingerprint density at radius 3 is 2.38 bits per heavy atom. The zero-order valence-electron chi connectivity index (χ0n) is 14.4. The maximum Gasteiger partial charge on any atom is 0.131 e. The Bertz CT molecular complexity index is 447. The fourth-order valence-electron chi connectivity index (χ4n) is 3.69. The van der Waals surface area contributed by atoms with Crippen molar-refractivity contribution in [1.82, 2.24) is 15.3 Å². The molecule has 1 N–H and O–H groups in total. The summed E-state index contributed by atoms with van der Waals surface area (Å²) in [7, 11) is 2.01. The third kappa shape index (κ3) is 4.03. The Balaban J connectivity index is 2.13. The van der Waals surface area contributed by atoms with Crippen molar-refractivity contribution in [3.63, 3.8) is 0 Å². The Hall–Kier alpha value is -0.960. The van der Waals surface area contributed by atoms with E-state index in [0.717, 1.165) is 24.7 Å². The topological polar surface area (TPSA) is 37.8 Å². The van der Waals surface area contributed by atoms with E-state index < -0.39 is 0 Å². The van der Waals surface area contributed by atoms with E-state index in [1.165, 1.54) is 42.6 Å². The molecule has 0 aromatic carbocycles. The summed E-state index contributed by atoms with van der Waals surface area (Å²) in [5, 5.41) is 3.25. The molecule has 1 aromatic rings. The monoisotopic (exact) mass is 289 g/mol. The van der Waals surface area contributed by atoms with E-state index >= 15 is 0 Å². The van der Waals surface area contributed by atoms with Crippen LogP contribution in [0.1, 0.15) is 68.2 Å². The van der Waals surface area contributed by atoms with Gasteiger partial charge in [-0.05, 0) is 70.5 Å². The van der Waals surface area contributed by atoms with E-state index in [1.54, 1.807) is 0 Å². The highest BCUT2D eigenvalue weighted by atomic mass is 14.9. The quantitative estimate of drug-likeness (QED) is 0.866. The molecule has 0 saturated heterocycles. The average molecular weight is 289 g/mol. The highest BCUT2D eigenvalue weighted by molar-refractivity contribution is 5.26. The van der Waals surface area contributed by atoms with Crippen molar-refractivity contribution >= 4 is 0 Å². The van der Waals surface area contributed by atoms with Crippen molar-refractivity contribution in [2.24, 2.45) is 11.8 Å². The molecule has 21 heavy (non-hydrogen) atoms. The summed E-state index contributed by atoms with van der Waals surface area (Å²) in [4.78, 5) is 9.73. The van der Waals surface area contributed by atoms with E-state index in [1.807, 2.05) is 7.05 Å². The van der Waals surface area contributed by atoms with Gasteiger partial charge in [-0.2, -0.15) is 0 Å². The van der Waals surface area contributed by atoms with Crippen LogP contribution in [0, 0.1) is 25.7 Å². The number of nitrogens with one attached hydrogen (secondary N) is 1. The van der Waals surface area contributed by atoms with Crippen molar-refractivity contribution in [1.29, 1.82) is 0 Å². The molecule has 0 amide bonds. The second-order valence-electron chi connectivity index (χ2n) is 6.88. The van der Waals surface area contributed by atoms with E-state index in [0.29, 0.717) is 11.8 Å². The molecule has 1 aromatic heterocycles. The number of aryl methyl sites for hydroxylation is 2. The number of hydrogen-bond donors (Lipinski definition) is 1. The first kappa shape index (κ1) is 16.4. The molecule has 0 spiro atoms. The Morgan fingerprint density at radius 2 is 1.86 bits per heavy atom. The van der Waals surface area contributed by atoms with Crippen molar-refractivity contribution in [3.8, 4) is 0 Å². The van der Waals surface area contributed by atoms with Gasteiger partial charge in [0.1, 0.15) is 5.82 Å². The summed E-state index contributed by atoms with van der Waals surface area (Å²) in [6.45, 7) is 9.95. The maximum absolute atomic E-state index is 4.87. The molecule has 3 unspecified atom stereocenters. The molecule has 3 heteroatoms. The van der Waals surface area contributed by atoms with Gasteiger partial charge in [0.2, 0.25) is 0 Å². The van der Waals surface area contributed by atoms with Gasteiger partial charge in [-0.1, -0.05) is 20.3 Å². The van der Waals surface area contributed by atoms with E-state index in [-0.39, 0.29) is 0 Å². The summed E-state index contributed by atoms with van der Waals surface area (Å²) < 4.78 is 0. The van der Waals surface area contributed by atoms with Crippen LogP contribution in [0.25, 0.3) is 0 Å². The SMILES string of the molecule is CCC1CCC(c2nc(C)c(CC(C)CNC)c(C)n2)C1. The van der Waals surface area contributed by atoms with Gasteiger partial charge in [-0.3, -0.25) is 0 Å². The van der Waals surface area contributed by atoms with Crippen molar-refractivity contribution < 1.29 is 0 Å². The molecule has 2 rings (SSSR count). The highest BCUT2D eigenvalue weighted by Crippen LogP contribution is 2.38. The predicted octanol–water partition coefficient (Wildman–Crippen LogP) is 3.79. The summed E-state index contributed by atoms with van der Waals surface area (Å²) >= 11 is 0. The van der Waals surface area contributed by atoms with Crippen LogP contribution in [0.3, 0.4) is 0 Å². The molecule has 1 aliphatic rings. The summed E-state index contributed by atoms with van der Waals surface area (Å²) in [6.07, 6.45) is 6.27. The molecule has 1 aliphatic carbocycles. The van der Waals surface area contributed by atoms with Crippen LogP contribution in [0.5, 0.6) is 0 Å². The number of rotatable bonds is 6. The molecule has 1 heterocycles. The van der Waals surface area contributed by atoms with E-state index in [4.69, 9.17) is 9.97 Å². The second-order valence-corrected chi connectivity index (χ2v) is 6.88. The van der Waals surface area contributed by atoms with E-state index in [2.05, 4.69) is 33.0 Å². The number of aromatic nitrogens is 2. The zero-order chi connectivity index (χ0) is 15.4. The van der Waals surface area contributed by atoms with Crippen LogP contribution in [-0.2, 0) is 6.42 Å². The van der Waals surface area contributed by atoms with Gasteiger partial charge in [0.15, 0.2) is 0 Å². The molecule has 0 aliphatic heterocycles. The molecule has 3 atom stereocenters. The molecule has 118 valence electrons. The molecule has 1 fully saturated rings. The lowest BCUT2D eigenvalue weighted by Gasteiger charge is -2.17. The third-order valence-electron chi connectivity index (χ3n) is 5.03. The largest absolute Gasteiger partial charge is 0.319 e. The minimum absolute atomic E-state index is 0.594. The minimum Gasteiger partial charge on any atom is -0.319 e. The van der Waals surface area contributed by atoms with Gasteiger partial charge in [-0.25, -0.2) is 9.97 Å². The normalized spacial score (nSPS) is 23.5. The molecule has 0 bridgehead atoms. The van der Waals surface area contributed by atoms with Crippen LogP contribution < -0.4 is 5.32 Å². The smallest absolute Gasteiger partial charge is 0.131 e. The first-order valence-corrected chi connectivity index (χ1v) is 8.53. The Kier molecular flexibility index (Phi) is 5.74. The van der Waals surface area contributed by atoms with E-state index in [9.17, 15) is 0 Å². The van der Waals surface area contributed by atoms with Gasteiger partial charge in [0.25, 0.3) is 0 Å². The maximum atomic E-state index is 4.87. The van der Waals surface area contributed by atoms with Crippen LogP contribution in [0.4, 0.5) is 0 Å². The van der Waals surface area contributed by atoms with Gasteiger partial charge in [-0.15, -0.1) is 0 Å². The van der Waals surface area contributed by atoms with Gasteiger partial charge in [0, 0.05) is 17.3 Å². The van der Waals surface area contributed by atoms with Crippen LogP contribution >= 0.6 is 0 Å². The Labute approximate surface area is 130 Å². The summed E-state index contributed by atoms with van der Waals surface area (Å²) in [5.41, 5.74) is 3.74. The first-order chi connectivity index (χ1) is 10.0. The molecule has 1 saturated carbocycles. The highest BCUT2D eigenvalue weighted by Gasteiger charge is 2.27. The van der Waals surface area contributed by atoms with Crippen molar-refractivity contribution in [2.75, 3.05) is 13.6 Å². The van der Waals surface area contributed by atoms with Crippen molar-refractivity contribution in [2.45, 2.75) is 65.7 Å². The van der Waals surface area contributed by atoms with Gasteiger partial charge in [0.05, 0.1) is 0 Å². The molecular formula is C18H31N3. The van der Waals surface area contributed by atoms with Crippen molar-refractivity contribution in [3.05, 3.63) is 22.8 Å². The summed E-state index contributed by atoms with van der Waals surface area (Å²) in [5.74, 6) is 3.20. The second kappa shape index (κ2) is 7.35. The number of nitrogens with zero attached hydrogens (tertiary/aromatic N) is 2. The fourth-order valence-corrected chi connectivity index (χ4v) is 3.69. The fraction of sp³-hybridized carbons (Fsp3) is 0.778. The Morgan fingerprint density at radius 1 is 1.19 bits per heavy atom. The average Bonchev–Trinajstić information content (AvgIpc) is 2.92. The first-order valence-electron chi connectivity index (χ1n) is 8.53. The van der Waals surface area contributed by atoms with Crippen LogP contribution in [0.2, 0.25) is 0 Å². The predicted molar refractivity (Wildman–Crippen MR) is 88.7 cm³/mol. The summed E-state index contributed by atoms with van der Waals surface area (Å²) in [6, 6.07) is 0. The van der Waals surface area contributed by atoms with Gasteiger partial charge < -0.3 is 5.32 Å². The van der Waals surface area contributed by atoms with Gasteiger partial charge >= 0.3 is 0 Å². The van der Waals surface area contributed by atoms with Crippen LogP contribution in [-0.4, -0.2) is 23.6 Å². The lowest BCUT2D eigenvalue weighted by atomic mass is 9.97. The molecule has 0 radical (unpaired) electrons. The van der Waals surface area contributed by atoms with Crippen LogP contribution in [0.15, 0.2) is 0 Å². The zero-order valence-corrected chi connectivity index (χ0v) is 14.4. The third-order valence-corrected chi connectivity index (χ3v) is 5.03. The standard InChI is InChI=1S/C18H31N3/c1-6-15-7-8-16(10-15)18-20-13(3)17(14(4)21-18)9-12(2)11-19-5/h12,15-16,19H,6-11H2,1-5H3. The lowest BCUT2D eigenvalue weighted by molar-refractivity contribution is 0.514. The number of hydrogen-bond acceptors (Lipinski definition) is 3. The molecule has 3 nitrogen and oxygen atoms in total.